The monoisotopic (exact) mass is 228 g/mol. The number of methoxy groups -OCH3 is 1. The van der Waals surface area contributed by atoms with Crippen LogP contribution < -0.4 is 0 Å². The number of Topliss-reactive ketones (excluding diaryl/α,β-unsaturated/α-hetero) is 1. The quantitative estimate of drug-likeness (QED) is 0.440. The molecule has 0 aromatic heterocycles. The summed E-state index contributed by atoms with van der Waals surface area (Å²) in [5.74, 6) is 0.177. The molecule has 0 N–H and O–H groups in total. The highest BCUT2D eigenvalue weighted by Gasteiger charge is 2.11. The predicted molar refractivity (Wildman–Crippen MR) is 59.0 cm³/mol. The van der Waals surface area contributed by atoms with Gasteiger partial charge in [0.15, 0.2) is 5.78 Å². The van der Waals surface area contributed by atoms with Gasteiger partial charge in [-0.3, -0.25) is 4.79 Å². The molecule has 0 aliphatic rings. The van der Waals surface area contributed by atoms with E-state index in [2.05, 4.69) is 0 Å². The van der Waals surface area contributed by atoms with Gasteiger partial charge >= 0.3 is 0 Å². The summed E-state index contributed by atoms with van der Waals surface area (Å²) >= 11 is 1.31. The van der Waals surface area contributed by atoms with E-state index in [0.717, 1.165) is 0 Å². The summed E-state index contributed by atoms with van der Waals surface area (Å²) in [6.07, 6.45) is 0. The smallest absolute Gasteiger partial charge is 0.161 e. The fourth-order valence-corrected chi connectivity index (χ4v) is 2.19. The number of ketones is 1. The fourth-order valence-electron chi connectivity index (χ4n) is 1.16. The Morgan fingerprint density at radius 3 is 2.87 bits per heavy atom. The Hall–Kier alpha value is -0.870. The number of rotatable bonds is 5. The summed E-state index contributed by atoms with van der Waals surface area (Å²) in [7, 11) is 1.59. The Kier molecular flexibility index (Phi) is 4.78. The summed E-state index contributed by atoms with van der Waals surface area (Å²) in [5, 5.41) is 0. The maximum absolute atomic E-state index is 13.4. The molecular weight excluding hydrogens is 215 g/mol. The molecule has 82 valence electrons. The van der Waals surface area contributed by atoms with Crippen LogP contribution in [0.15, 0.2) is 23.1 Å². The van der Waals surface area contributed by atoms with Gasteiger partial charge in [-0.2, -0.15) is 0 Å². The third kappa shape index (κ3) is 3.32. The van der Waals surface area contributed by atoms with Crippen molar-refractivity contribution in [2.24, 2.45) is 0 Å². The average molecular weight is 228 g/mol. The molecule has 0 bridgehead atoms. The van der Waals surface area contributed by atoms with Crippen LogP contribution in [0.25, 0.3) is 0 Å². The van der Waals surface area contributed by atoms with Gasteiger partial charge in [-0.25, -0.2) is 4.39 Å². The highest BCUT2D eigenvalue weighted by molar-refractivity contribution is 7.99. The number of carbonyl (C=O) groups is 1. The van der Waals surface area contributed by atoms with Gasteiger partial charge in [0.1, 0.15) is 5.82 Å². The van der Waals surface area contributed by atoms with Crippen LogP contribution in [0.3, 0.4) is 0 Å². The predicted octanol–water partition coefficient (Wildman–Crippen LogP) is 2.77. The van der Waals surface area contributed by atoms with Gasteiger partial charge in [-0.1, -0.05) is 12.1 Å². The fraction of sp³-hybridized carbons (Fsp3) is 0.364. The maximum Gasteiger partial charge on any atom is 0.161 e. The van der Waals surface area contributed by atoms with Crippen molar-refractivity contribution < 1.29 is 13.9 Å². The van der Waals surface area contributed by atoms with Crippen molar-refractivity contribution in [3.05, 3.63) is 29.6 Å². The molecule has 0 atom stereocenters. The first kappa shape index (κ1) is 12.2. The lowest BCUT2D eigenvalue weighted by Crippen LogP contribution is -2.00. The highest BCUT2D eigenvalue weighted by atomic mass is 32.2. The molecule has 0 radical (unpaired) electrons. The van der Waals surface area contributed by atoms with Crippen molar-refractivity contribution in [3.63, 3.8) is 0 Å². The van der Waals surface area contributed by atoms with Crippen LogP contribution in [-0.4, -0.2) is 25.3 Å². The van der Waals surface area contributed by atoms with Crippen LogP contribution in [0.4, 0.5) is 4.39 Å². The molecule has 0 spiro atoms. The summed E-state index contributed by atoms with van der Waals surface area (Å²) in [6.45, 7) is 1.98. The van der Waals surface area contributed by atoms with Gasteiger partial charge in [0.05, 0.1) is 11.5 Å². The van der Waals surface area contributed by atoms with E-state index in [1.807, 2.05) is 0 Å². The molecule has 0 fully saturated rings. The summed E-state index contributed by atoms with van der Waals surface area (Å²) in [4.78, 5) is 11.7. The number of benzene rings is 1. The number of halogens is 1. The van der Waals surface area contributed by atoms with Crippen molar-refractivity contribution in [1.29, 1.82) is 0 Å². The zero-order valence-corrected chi connectivity index (χ0v) is 9.57. The van der Waals surface area contributed by atoms with E-state index in [-0.39, 0.29) is 11.6 Å². The molecule has 2 nitrogen and oxygen atoms in total. The maximum atomic E-state index is 13.4. The highest BCUT2D eigenvalue weighted by Crippen LogP contribution is 2.26. The molecule has 0 aliphatic carbocycles. The van der Waals surface area contributed by atoms with E-state index in [1.54, 1.807) is 19.2 Å². The van der Waals surface area contributed by atoms with E-state index in [1.165, 1.54) is 24.8 Å². The second kappa shape index (κ2) is 5.88. The van der Waals surface area contributed by atoms with Crippen molar-refractivity contribution in [3.8, 4) is 0 Å². The largest absolute Gasteiger partial charge is 0.384 e. The van der Waals surface area contributed by atoms with E-state index in [0.29, 0.717) is 22.8 Å². The molecule has 0 amide bonds. The van der Waals surface area contributed by atoms with Crippen LogP contribution in [0.2, 0.25) is 0 Å². The van der Waals surface area contributed by atoms with Gasteiger partial charge < -0.3 is 4.74 Å². The lowest BCUT2D eigenvalue weighted by atomic mass is 10.1. The Morgan fingerprint density at radius 1 is 1.53 bits per heavy atom. The Labute approximate surface area is 92.8 Å². The van der Waals surface area contributed by atoms with E-state index < -0.39 is 0 Å². The molecular formula is C11H13FO2S. The van der Waals surface area contributed by atoms with Crippen molar-refractivity contribution in [2.45, 2.75) is 11.8 Å². The minimum atomic E-state index is -0.344. The van der Waals surface area contributed by atoms with Crippen LogP contribution in [0.1, 0.15) is 17.3 Å². The molecule has 0 aliphatic heterocycles. The third-order valence-electron chi connectivity index (χ3n) is 1.88. The number of ether oxygens (including phenoxy) is 1. The lowest BCUT2D eigenvalue weighted by Gasteiger charge is -2.07. The Morgan fingerprint density at radius 2 is 2.27 bits per heavy atom. The molecule has 0 saturated carbocycles. The zero-order valence-electron chi connectivity index (χ0n) is 8.75. The van der Waals surface area contributed by atoms with Gasteiger partial charge in [0.25, 0.3) is 0 Å². The molecule has 0 unspecified atom stereocenters. The van der Waals surface area contributed by atoms with E-state index >= 15 is 0 Å². The molecule has 0 saturated heterocycles. The Bertz CT molecular complexity index is 352. The van der Waals surface area contributed by atoms with Gasteiger partial charge in [-0.05, 0) is 13.0 Å². The Balaban J connectivity index is 2.87. The molecule has 1 aromatic carbocycles. The summed E-state index contributed by atoms with van der Waals surface area (Å²) < 4.78 is 18.3. The normalized spacial score (nSPS) is 10.3. The van der Waals surface area contributed by atoms with E-state index in [9.17, 15) is 9.18 Å². The SMILES string of the molecule is COCCSc1c(F)cccc1C(C)=O. The topological polar surface area (TPSA) is 26.3 Å². The minimum absolute atomic E-state index is 0.116. The molecule has 15 heavy (non-hydrogen) atoms. The van der Waals surface area contributed by atoms with Gasteiger partial charge in [0.2, 0.25) is 0 Å². The molecule has 0 heterocycles. The van der Waals surface area contributed by atoms with Crippen LogP contribution in [0, 0.1) is 5.82 Å². The summed E-state index contributed by atoms with van der Waals surface area (Å²) in [6, 6.07) is 4.55. The number of hydrogen-bond donors (Lipinski definition) is 0. The number of thioether (sulfide) groups is 1. The summed E-state index contributed by atoms with van der Waals surface area (Å²) in [5.41, 5.74) is 0.441. The average Bonchev–Trinajstić information content (AvgIpc) is 2.20. The van der Waals surface area contributed by atoms with Gasteiger partial charge in [-0.15, -0.1) is 11.8 Å². The van der Waals surface area contributed by atoms with Gasteiger partial charge in [0, 0.05) is 18.4 Å². The second-order valence-electron chi connectivity index (χ2n) is 3.01. The number of hydrogen-bond acceptors (Lipinski definition) is 3. The lowest BCUT2D eigenvalue weighted by molar-refractivity contribution is 0.101. The van der Waals surface area contributed by atoms with Crippen LogP contribution >= 0.6 is 11.8 Å². The zero-order chi connectivity index (χ0) is 11.3. The third-order valence-corrected chi connectivity index (χ3v) is 2.95. The molecule has 1 rings (SSSR count). The first-order valence-electron chi connectivity index (χ1n) is 4.58. The minimum Gasteiger partial charge on any atom is -0.384 e. The second-order valence-corrected chi connectivity index (χ2v) is 4.12. The van der Waals surface area contributed by atoms with Crippen molar-refractivity contribution in [2.75, 3.05) is 19.5 Å². The van der Waals surface area contributed by atoms with Crippen LogP contribution in [-0.2, 0) is 4.74 Å². The molecule has 4 heteroatoms. The first-order valence-corrected chi connectivity index (χ1v) is 5.56. The van der Waals surface area contributed by atoms with E-state index in [4.69, 9.17) is 4.74 Å². The standard InChI is InChI=1S/C11H13FO2S/c1-8(13)9-4-3-5-10(12)11(9)15-7-6-14-2/h3-5H,6-7H2,1-2H3. The van der Waals surface area contributed by atoms with Crippen molar-refractivity contribution >= 4 is 17.5 Å². The molecule has 1 aromatic rings. The van der Waals surface area contributed by atoms with Crippen LogP contribution in [0.5, 0.6) is 0 Å². The number of carbonyl (C=O) groups excluding carboxylic acids is 1. The van der Waals surface area contributed by atoms with Crippen molar-refractivity contribution in [1.82, 2.24) is 0 Å². The first-order chi connectivity index (χ1) is 7.16.